The molecule has 3 heterocycles. The Morgan fingerprint density at radius 3 is 2.13 bits per heavy atom. The van der Waals surface area contributed by atoms with Crippen LogP contribution in [0.15, 0.2) is 181 Å². The van der Waals surface area contributed by atoms with E-state index in [1.54, 1.807) is 77.5 Å². The van der Waals surface area contributed by atoms with Crippen molar-refractivity contribution < 1.29 is 32.5 Å². The van der Waals surface area contributed by atoms with Crippen LogP contribution in [0.4, 0.5) is 21.9 Å². The summed E-state index contributed by atoms with van der Waals surface area (Å²) in [6.07, 6.45) is 16.0. The van der Waals surface area contributed by atoms with Gasteiger partial charge >= 0.3 is 13.7 Å². The van der Waals surface area contributed by atoms with Crippen molar-refractivity contribution in [3.63, 3.8) is 0 Å². The topological polar surface area (TPSA) is 204 Å². The van der Waals surface area contributed by atoms with Crippen molar-refractivity contribution in [2.24, 2.45) is 16.5 Å². The van der Waals surface area contributed by atoms with Crippen LogP contribution in [-0.4, -0.2) is 75.8 Å². The zero-order valence-electron chi connectivity index (χ0n) is 45.3. The summed E-state index contributed by atoms with van der Waals surface area (Å²) in [5.41, 5.74) is 20.5. The largest absolute Gasteiger partial charge is 0.453 e. The number of guanidine groups is 1. The predicted molar refractivity (Wildman–Crippen MR) is 309 cm³/mol. The number of nitrogens with zero attached hydrogens (tertiary/aromatic N) is 6. The van der Waals surface area contributed by atoms with Gasteiger partial charge in [0, 0.05) is 66.6 Å². The summed E-state index contributed by atoms with van der Waals surface area (Å²) in [5.74, 6) is -0.670. The molecule has 0 radical (unpaired) electrons. The summed E-state index contributed by atoms with van der Waals surface area (Å²) in [5, 5.41) is 14.3. The molecule has 1 atom stereocenters. The lowest BCUT2D eigenvalue weighted by Crippen LogP contribution is -2.39. The molecule has 0 bridgehead atoms. The molecule has 0 aliphatic carbocycles. The normalized spacial score (nSPS) is 15.3. The lowest BCUT2D eigenvalue weighted by atomic mass is 9.81. The molecule has 5 aromatic carbocycles. The third-order valence-corrected chi connectivity index (χ3v) is 16.1. The Bertz CT molecular complexity index is 3170. The van der Waals surface area contributed by atoms with Crippen LogP contribution >= 0.6 is 7.60 Å². The van der Waals surface area contributed by atoms with Crippen LogP contribution in [0.25, 0.3) is 0 Å². The van der Waals surface area contributed by atoms with E-state index in [4.69, 9.17) is 25.3 Å². The van der Waals surface area contributed by atoms with Gasteiger partial charge in [0.1, 0.15) is 18.5 Å². The van der Waals surface area contributed by atoms with Crippen LogP contribution in [-0.2, 0) is 44.3 Å². The van der Waals surface area contributed by atoms with Crippen molar-refractivity contribution in [1.29, 1.82) is 0 Å². The molecule has 2 amide bonds. The summed E-state index contributed by atoms with van der Waals surface area (Å²) in [6, 6.07) is 41.5. The average Bonchev–Trinajstić information content (AvgIpc) is 4.14. The number of para-hydroxylation sites is 4. The van der Waals surface area contributed by atoms with Crippen molar-refractivity contribution >= 4 is 48.3 Å². The van der Waals surface area contributed by atoms with Gasteiger partial charge in [-0.1, -0.05) is 129 Å². The smallest absolute Gasteiger partial charge is 0.450 e. The maximum absolute atomic E-state index is 14.9. The number of amides is 2. The molecular weight excluding hydrogens is 1000 g/mol. The third-order valence-electron chi connectivity index (χ3n) is 14.1. The van der Waals surface area contributed by atoms with E-state index in [-0.39, 0.29) is 35.7 Å². The minimum Gasteiger partial charge on any atom is -0.450 e. The number of carbonyl (C=O) groups excluding carboxylic acids is 2. The number of hydrogen-bond donors (Lipinski definition) is 4. The van der Waals surface area contributed by atoms with E-state index in [9.17, 15) is 14.2 Å². The molecule has 16 nitrogen and oxygen atoms in total. The standard InChI is InChI=1S/C61H71N10O6P/c1-60(2)50-28-17-19-30-52(50)69(5)54(60)32-14-8-15-33-55-61(3,4)51-29-18-20-31-53(51)71(55)40-21-9-16-34-56(72)64-39-41-70-44-47(67-68-70)23-22-42-75-59(73)66-57(43-45-35-37-46(38-36-45)65-58(62)63)78(74,76-48-24-10-6-11-25-48)77-49-26-12-7-13-27-49/h6-8,10-15,17-20,24-33,35-38,44,57H,9,16,21-23,34,39-43H2,1-5H3,(H5-,62,63,64,65,66,72,73)/p+1. The van der Waals surface area contributed by atoms with Gasteiger partial charge in [-0.15, -0.1) is 5.10 Å². The molecule has 1 unspecified atom stereocenters. The van der Waals surface area contributed by atoms with Crippen molar-refractivity contribution in [3.8, 4) is 11.5 Å². The number of nitrogens with one attached hydrogen (secondary N) is 2. The monoisotopic (exact) mass is 1070 g/mol. The van der Waals surface area contributed by atoms with Gasteiger partial charge in [-0.25, -0.2) is 14.4 Å². The number of benzene rings is 5. The molecule has 2 aliphatic rings. The number of aliphatic imine (C=N–C) groups is 1. The molecule has 17 heteroatoms. The molecule has 78 heavy (non-hydrogen) atoms. The van der Waals surface area contributed by atoms with Gasteiger partial charge in [-0.05, 0) is 99.2 Å². The molecular formula is C61H72N10O6P+. The van der Waals surface area contributed by atoms with Crippen LogP contribution in [0.3, 0.4) is 0 Å². The Morgan fingerprint density at radius 1 is 0.769 bits per heavy atom. The van der Waals surface area contributed by atoms with Crippen molar-refractivity contribution in [2.75, 3.05) is 31.6 Å². The number of aromatic nitrogens is 3. The summed E-state index contributed by atoms with van der Waals surface area (Å²) < 4.78 is 36.7. The Morgan fingerprint density at radius 2 is 1.44 bits per heavy atom. The summed E-state index contributed by atoms with van der Waals surface area (Å²) in [7, 11) is -2.06. The first-order chi connectivity index (χ1) is 37.6. The molecule has 0 saturated heterocycles. The Hall–Kier alpha value is -8.23. The van der Waals surface area contributed by atoms with E-state index in [0.717, 1.165) is 25.8 Å². The van der Waals surface area contributed by atoms with Gasteiger partial charge in [-0.3, -0.25) is 9.48 Å². The highest BCUT2D eigenvalue weighted by molar-refractivity contribution is 7.55. The second-order valence-corrected chi connectivity index (χ2v) is 22.5. The number of aryl methyl sites for hydroxylation is 1. The van der Waals surface area contributed by atoms with Crippen LogP contribution in [0.5, 0.6) is 11.5 Å². The third kappa shape index (κ3) is 14.2. The van der Waals surface area contributed by atoms with Crippen LogP contribution in [0.2, 0.25) is 0 Å². The van der Waals surface area contributed by atoms with Gasteiger partial charge in [0.25, 0.3) is 0 Å². The molecule has 0 spiro atoms. The molecule has 2 aliphatic heterocycles. The number of fused-ring (bicyclic) bond motifs is 2. The van der Waals surface area contributed by atoms with Crippen LogP contribution in [0, 0.1) is 0 Å². The van der Waals surface area contributed by atoms with E-state index in [0.29, 0.717) is 60.8 Å². The van der Waals surface area contributed by atoms with Crippen molar-refractivity contribution in [2.45, 2.75) is 95.8 Å². The summed E-state index contributed by atoms with van der Waals surface area (Å²) >= 11 is 0. The molecule has 406 valence electrons. The van der Waals surface area contributed by atoms with Gasteiger partial charge in [0.2, 0.25) is 11.6 Å². The fraction of sp³-hybridized carbons (Fsp3) is 0.311. The number of rotatable bonds is 25. The first-order valence-electron chi connectivity index (χ1n) is 26.6. The lowest BCUT2D eigenvalue weighted by Gasteiger charge is -2.28. The van der Waals surface area contributed by atoms with Crippen LogP contribution < -0.4 is 36.0 Å². The SMILES string of the molecule is C[N+]1=C(/C=C/C=CC=C2N(CCCCCC(=O)NCCn3cc(CCCOC(=O)NC(Cc4ccc(N=C(N)N)cc4)P(=O)(Oc4ccccc4)Oc4ccccc4)nn3)c3ccccc3C2(C)C)C(C)(C)c2ccccc21. The van der Waals surface area contributed by atoms with E-state index in [1.165, 1.54) is 33.9 Å². The lowest BCUT2D eigenvalue weighted by molar-refractivity contribution is -0.401. The van der Waals surface area contributed by atoms with Crippen molar-refractivity contribution in [1.82, 2.24) is 25.6 Å². The number of allylic oxidation sites excluding steroid dienone is 6. The molecule has 8 rings (SSSR count). The minimum absolute atomic E-state index is 0.00373. The zero-order valence-corrected chi connectivity index (χ0v) is 46.2. The van der Waals surface area contributed by atoms with Gasteiger partial charge in [-0.2, -0.15) is 4.58 Å². The quantitative estimate of drug-likeness (QED) is 0.0106. The summed E-state index contributed by atoms with van der Waals surface area (Å²) in [6.45, 7) is 10.9. The van der Waals surface area contributed by atoms with E-state index < -0.39 is 19.5 Å². The highest BCUT2D eigenvalue weighted by Crippen LogP contribution is 2.53. The zero-order chi connectivity index (χ0) is 55.1. The number of nitrogens with two attached hydrogens (primary N) is 2. The second-order valence-electron chi connectivity index (χ2n) is 20.5. The number of anilines is 1. The maximum Gasteiger partial charge on any atom is 0.453 e. The molecule has 0 saturated carbocycles. The van der Waals surface area contributed by atoms with E-state index in [1.807, 2.05) is 18.3 Å². The molecule has 6 aromatic rings. The Kier molecular flexibility index (Phi) is 18.5. The Balaban J connectivity index is 0.770. The maximum atomic E-state index is 14.9. The molecule has 6 N–H and O–H groups in total. The number of ether oxygens (including phenoxy) is 1. The summed E-state index contributed by atoms with van der Waals surface area (Å²) in [4.78, 5) is 32.8. The average molecular weight is 1070 g/mol. The van der Waals surface area contributed by atoms with E-state index >= 15 is 0 Å². The van der Waals surface area contributed by atoms with Gasteiger partial charge in [0.05, 0.1) is 29.9 Å². The Labute approximate surface area is 458 Å². The number of carbonyl (C=O) groups is 2. The highest BCUT2D eigenvalue weighted by Gasteiger charge is 2.43. The number of hydrogen-bond acceptors (Lipinski definition) is 10. The fourth-order valence-corrected chi connectivity index (χ4v) is 11.9. The number of unbranched alkanes of at least 4 members (excludes halogenated alkanes) is 2. The first kappa shape index (κ1) is 56.0. The van der Waals surface area contributed by atoms with Crippen molar-refractivity contribution in [3.05, 3.63) is 198 Å². The van der Waals surface area contributed by atoms with Gasteiger partial charge in [0.15, 0.2) is 17.5 Å². The van der Waals surface area contributed by atoms with Crippen LogP contribution in [0.1, 0.15) is 82.2 Å². The fourth-order valence-electron chi connectivity index (χ4n) is 10.1. The second kappa shape index (κ2) is 25.7. The minimum atomic E-state index is -4.20. The molecule has 1 aromatic heterocycles. The number of alkyl carbamates (subject to hydrolysis) is 1. The molecule has 0 fully saturated rings. The first-order valence-corrected chi connectivity index (χ1v) is 28.2. The van der Waals surface area contributed by atoms with Gasteiger partial charge < -0.3 is 40.8 Å². The highest BCUT2D eigenvalue weighted by atomic mass is 31.2. The predicted octanol–water partition coefficient (Wildman–Crippen LogP) is 10.9. The van der Waals surface area contributed by atoms with E-state index in [2.05, 4.69) is 149 Å².